The summed E-state index contributed by atoms with van der Waals surface area (Å²) in [5, 5.41) is 13.6. The predicted molar refractivity (Wildman–Crippen MR) is 71.3 cm³/mol. The molecule has 0 saturated heterocycles. The Labute approximate surface area is 106 Å². The molecule has 1 aromatic carbocycles. The zero-order valence-electron chi connectivity index (χ0n) is 9.45. The van der Waals surface area contributed by atoms with Crippen LogP contribution in [0.25, 0.3) is 0 Å². The summed E-state index contributed by atoms with van der Waals surface area (Å²) in [6.45, 7) is 3.71. The summed E-state index contributed by atoms with van der Waals surface area (Å²) in [4.78, 5) is 1.03. The Balaban J connectivity index is 2.26. The molecule has 0 spiro atoms. The summed E-state index contributed by atoms with van der Waals surface area (Å²) < 4.78 is 0. The van der Waals surface area contributed by atoms with Crippen LogP contribution in [0.2, 0.25) is 5.02 Å². The lowest BCUT2D eigenvalue weighted by atomic mass is 10.4. The molecule has 0 heterocycles. The molecule has 2 N–H and O–H groups in total. The fourth-order valence-corrected chi connectivity index (χ4v) is 2.42. The molecular formula is C12H18ClNOS. The SMILES string of the molecule is CCCNCC(O)CSc1ccccc1Cl. The Morgan fingerprint density at radius 1 is 1.44 bits per heavy atom. The zero-order chi connectivity index (χ0) is 11.8. The van der Waals surface area contributed by atoms with Crippen molar-refractivity contribution >= 4 is 23.4 Å². The maximum absolute atomic E-state index is 9.70. The van der Waals surface area contributed by atoms with E-state index in [4.69, 9.17) is 11.6 Å². The molecule has 0 aliphatic carbocycles. The Morgan fingerprint density at radius 3 is 2.88 bits per heavy atom. The van der Waals surface area contributed by atoms with E-state index >= 15 is 0 Å². The van der Waals surface area contributed by atoms with Crippen molar-refractivity contribution in [2.24, 2.45) is 0 Å². The van der Waals surface area contributed by atoms with E-state index in [1.807, 2.05) is 24.3 Å². The predicted octanol–water partition coefficient (Wildman–Crippen LogP) is 2.79. The third-order valence-corrected chi connectivity index (χ3v) is 3.73. The van der Waals surface area contributed by atoms with Crippen LogP contribution in [0.4, 0.5) is 0 Å². The van der Waals surface area contributed by atoms with Gasteiger partial charge in [-0.2, -0.15) is 0 Å². The van der Waals surface area contributed by atoms with Crippen LogP contribution in [0.15, 0.2) is 29.2 Å². The van der Waals surface area contributed by atoms with Crippen LogP contribution in [-0.4, -0.2) is 30.1 Å². The number of nitrogens with one attached hydrogen (secondary N) is 1. The van der Waals surface area contributed by atoms with Crippen LogP contribution >= 0.6 is 23.4 Å². The number of hydrogen-bond acceptors (Lipinski definition) is 3. The van der Waals surface area contributed by atoms with Crippen molar-refractivity contribution in [2.75, 3.05) is 18.8 Å². The first-order valence-electron chi connectivity index (χ1n) is 5.50. The van der Waals surface area contributed by atoms with E-state index in [1.54, 1.807) is 11.8 Å². The summed E-state index contributed by atoms with van der Waals surface area (Å²) in [5.74, 6) is 0.667. The summed E-state index contributed by atoms with van der Waals surface area (Å²) in [6.07, 6.45) is 0.762. The Morgan fingerprint density at radius 2 is 2.19 bits per heavy atom. The molecule has 1 aromatic rings. The van der Waals surface area contributed by atoms with E-state index in [2.05, 4.69) is 12.2 Å². The number of rotatable bonds is 7. The first kappa shape index (κ1) is 13.8. The molecule has 4 heteroatoms. The van der Waals surface area contributed by atoms with Crippen molar-refractivity contribution in [3.63, 3.8) is 0 Å². The zero-order valence-corrected chi connectivity index (χ0v) is 11.0. The van der Waals surface area contributed by atoms with Gasteiger partial charge in [0, 0.05) is 17.2 Å². The summed E-state index contributed by atoms with van der Waals surface area (Å²) in [5.41, 5.74) is 0. The molecule has 0 amide bonds. The quantitative estimate of drug-likeness (QED) is 0.583. The smallest absolute Gasteiger partial charge is 0.0758 e. The summed E-state index contributed by atoms with van der Waals surface area (Å²) >= 11 is 7.61. The number of halogens is 1. The molecule has 0 aromatic heterocycles. The van der Waals surface area contributed by atoms with Crippen LogP contribution in [0.3, 0.4) is 0 Å². The average Bonchev–Trinajstić information content (AvgIpc) is 2.28. The molecule has 2 nitrogen and oxygen atoms in total. The number of aliphatic hydroxyl groups is 1. The van der Waals surface area contributed by atoms with Crippen LogP contribution in [-0.2, 0) is 0 Å². The summed E-state index contributed by atoms with van der Waals surface area (Å²) in [6, 6.07) is 7.70. The standard InChI is InChI=1S/C12H18ClNOS/c1-2-7-14-8-10(15)9-16-12-6-4-3-5-11(12)13/h3-6,10,14-15H,2,7-9H2,1H3. The van der Waals surface area contributed by atoms with Gasteiger partial charge in [0.25, 0.3) is 0 Å². The van der Waals surface area contributed by atoms with Gasteiger partial charge in [-0.05, 0) is 25.1 Å². The lowest BCUT2D eigenvalue weighted by Crippen LogP contribution is -2.28. The fraction of sp³-hybridized carbons (Fsp3) is 0.500. The van der Waals surface area contributed by atoms with Gasteiger partial charge in [0.2, 0.25) is 0 Å². The van der Waals surface area contributed by atoms with E-state index in [-0.39, 0.29) is 6.10 Å². The highest BCUT2D eigenvalue weighted by atomic mass is 35.5. The molecule has 0 aliphatic rings. The van der Waals surface area contributed by atoms with Gasteiger partial charge in [-0.1, -0.05) is 30.7 Å². The second-order valence-corrected chi connectivity index (χ2v) is 5.07. The van der Waals surface area contributed by atoms with Crippen molar-refractivity contribution in [3.8, 4) is 0 Å². The highest BCUT2D eigenvalue weighted by Crippen LogP contribution is 2.26. The number of benzene rings is 1. The largest absolute Gasteiger partial charge is 0.391 e. The first-order valence-corrected chi connectivity index (χ1v) is 6.86. The first-order chi connectivity index (χ1) is 7.74. The normalized spacial score (nSPS) is 12.7. The number of aliphatic hydroxyl groups excluding tert-OH is 1. The maximum atomic E-state index is 9.70. The van der Waals surface area contributed by atoms with E-state index in [1.165, 1.54) is 0 Å². The van der Waals surface area contributed by atoms with Crippen LogP contribution in [0, 0.1) is 0 Å². The maximum Gasteiger partial charge on any atom is 0.0758 e. The van der Waals surface area contributed by atoms with Gasteiger partial charge in [0.05, 0.1) is 11.1 Å². The molecule has 0 aliphatic heterocycles. The Kier molecular flexibility index (Phi) is 6.88. The van der Waals surface area contributed by atoms with E-state index in [0.717, 1.165) is 22.9 Å². The van der Waals surface area contributed by atoms with Gasteiger partial charge in [-0.3, -0.25) is 0 Å². The molecule has 16 heavy (non-hydrogen) atoms. The lowest BCUT2D eigenvalue weighted by molar-refractivity contribution is 0.196. The van der Waals surface area contributed by atoms with Crippen molar-refractivity contribution in [2.45, 2.75) is 24.3 Å². The van der Waals surface area contributed by atoms with Crippen molar-refractivity contribution in [3.05, 3.63) is 29.3 Å². The van der Waals surface area contributed by atoms with Crippen molar-refractivity contribution in [1.29, 1.82) is 0 Å². The fourth-order valence-electron chi connectivity index (χ4n) is 1.25. The van der Waals surface area contributed by atoms with Crippen LogP contribution < -0.4 is 5.32 Å². The minimum absolute atomic E-state index is 0.326. The molecule has 0 saturated carbocycles. The van der Waals surface area contributed by atoms with E-state index < -0.39 is 0 Å². The highest BCUT2D eigenvalue weighted by Gasteiger charge is 2.06. The third-order valence-electron chi connectivity index (χ3n) is 2.07. The van der Waals surface area contributed by atoms with Crippen LogP contribution in [0.5, 0.6) is 0 Å². The molecule has 1 unspecified atom stereocenters. The number of hydrogen-bond donors (Lipinski definition) is 2. The topological polar surface area (TPSA) is 32.3 Å². The minimum Gasteiger partial charge on any atom is -0.391 e. The Bertz CT molecular complexity index is 309. The summed E-state index contributed by atoms with van der Waals surface area (Å²) in [7, 11) is 0. The molecule has 0 fully saturated rings. The molecule has 0 radical (unpaired) electrons. The molecule has 1 rings (SSSR count). The lowest BCUT2D eigenvalue weighted by Gasteiger charge is -2.11. The van der Waals surface area contributed by atoms with Gasteiger partial charge in [0.15, 0.2) is 0 Å². The van der Waals surface area contributed by atoms with Crippen molar-refractivity contribution < 1.29 is 5.11 Å². The minimum atomic E-state index is -0.326. The highest BCUT2D eigenvalue weighted by molar-refractivity contribution is 7.99. The molecule has 0 bridgehead atoms. The van der Waals surface area contributed by atoms with Gasteiger partial charge in [-0.25, -0.2) is 0 Å². The van der Waals surface area contributed by atoms with Gasteiger partial charge in [0.1, 0.15) is 0 Å². The molecular weight excluding hydrogens is 242 g/mol. The van der Waals surface area contributed by atoms with Crippen LogP contribution in [0.1, 0.15) is 13.3 Å². The van der Waals surface area contributed by atoms with Gasteiger partial charge in [-0.15, -0.1) is 11.8 Å². The second-order valence-electron chi connectivity index (χ2n) is 3.60. The van der Waals surface area contributed by atoms with E-state index in [0.29, 0.717) is 12.3 Å². The second kappa shape index (κ2) is 7.96. The van der Waals surface area contributed by atoms with E-state index in [9.17, 15) is 5.11 Å². The third kappa shape index (κ3) is 5.21. The monoisotopic (exact) mass is 259 g/mol. The molecule has 90 valence electrons. The Hall–Kier alpha value is -0.220. The van der Waals surface area contributed by atoms with Gasteiger partial charge >= 0.3 is 0 Å². The number of thioether (sulfide) groups is 1. The van der Waals surface area contributed by atoms with Crippen molar-refractivity contribution in [1.82, 2.24) is 5.32 Å². The average molecular weight is 260 g/mol. The molecule has 1 atom stereocenters. The van der Waals surface area contributed by atoms with Gasteiger partial charge < -0.3 is 10.4 Å².